The van der Waals surface area contributed by atoms with Crippen molar-refractivity contribution in [2.75, 3.05) is 0 Å². The van der Waals surface area contributed by atoms with Crippen molar-refractivity contribution in [1.29, 1.82) is 0 Å². The van der Waals surface area contributed by atoms with Crippen molar-refractivity contribution in [2.24, 2.45) is 22.6 Å². The van der Waals surface area contributed by atoms with Gasteiger partial charge in [-0.3, -0.25) is 19.4 Å². The second-order valence-electron chi connectivity index (χ2n) is 11.8. The standard InChI is InChI=1S/C36H41ClF2N4O3S/c1-3-36(38,39)28-22-27(14-6-7-15-29(28)37)43-35(46)32-17-10-16-31(47-32)23(2)42-34(45)30-21-26(13-8-9-20-41-30)24-11-4-5-12-25(19-18-24)33(40)44/h6-8,14-17,20-25H,3-5,9-12,18-19H2,1-2H3,(H2,40,44)(H,42,45)(H,43,46). The average molecular weight is 683 g/mol. The molecule has 0 bridgehead atoms. The molecule has 0 radical (unpaired) electrons. The Morgan fingerprint density at radius 1 is 1.09 bits per heavy atom. The summed E-state index contributed by atoms with van der Waals surface area (Å²) < 4.78 is 29.3. The highest BCUT2D eigenvalue weighted by atomic mass is 35.5. The van der Waals surface area contributed by atoms with Crippen LogP contribution in [-0.4, -0.2) is 35.9 Å². The van der Waals surface area contributed by atoms with E-state index in [-0.39, 0.29) is 45.6 Å². The van der Waals surface area contributed by atoms with Gasteiger partial charge in [-0.1, -0.05) is 67.4 Å². The maximum absolute atomic E-state index is 14.6. The molecule has 3 unspecified atom stereocenters. The van der Waals surface area contributed by atoms with Crippen LogP contribution in [0.5, 0.6) is 0 Å². The number of rotatable bonds is 9. The van der Waals surface area contributed by atoms with E-state index in [0.717, 1.165) is 42.6 Å². The molecule has 0 saturated heterocycles. The third kappa shape index (κ3) is 10.1. The lowest BCUT2D eigenvalue weighted by molar-refractivity contribution is -0.122. The van der Waals surface area contributed by atoms with Gasteiger partial charge in [0.05, 0.1) is 10.9 Å². The minimum atomic E-state index is -3.17. The van der Waals surface area contributed by atoms with E-state index in [1.165, 1.54) is 43.0 Å². The second kappa shape index (κ2) is 16.9. The number of primary amides is 1. The first-order valence-corrected chi connectivity index (χ1v) is 17.2. The van der Waals surface area contributed by atoms with E-state index >= 15 is 0 Å². The number of amides is 3. The van der Waals surface area contributed by atoms with Gasteiger partial charge in [-0.05, 0) is 80.9 Å². The summed E-state index contributed by atoms with van der Waals surface area (Å²) in [4.78, 5) is 44.2. The molecule has 11 heteroatoms. The molecule has 4 aliphatic rings. The number of carbonyl (C=O) groups excluding carboxylic acids is 3. The lowest BCUT2D eigenvalue weighted by atomic mass is 9.81. The minimum absolute atomic E-state index is 0.0993. The fourth-order valence-corrected chi connectivity index (χ4v) is 6.93. The van der Waals surface area contributed by atoms with Crippen LogP contribution in [0.3, 0.4) is 0 Å². The zero-order valence-electron chi connectivity index (χ0n) is 26.7. The zero-order valence-corrected chi connectivity index (χ0v) is 28.2. The smallest absolute Gasteiger partial charge is 0.274 e. The second-order valence-corrected chi connectivity index (χ2v) is 13.4. The number of hydrogen-bond donors (Lipinski definition) is 3. The van der Waals surface area contributed by atoms with E-state index in [0.29, 0.717) is 24.2 Å². The Morgan fingerprint density at radius 3 is 2.62 bits per heavy atom. The van der Waals surface area contributed by atoms with Crippen LogP contribution >= 0.6 is 23.4 Å². The normalized spacial score (nSPS) is 22.9. The molecule has 250 valence electrons. The summed E-state index contributed by atoms with van der Waals surface area (Å²) in [6.45, 7) is 3.20. The van der Waals surface area contributed by atoms with Gasteiger partial charge in [0.25, 0.3) is 17.7 Å². The number of allylic oxidation sites excluding steroid dienone is 11. The Balaban J connectivity index is 1.41. The number of nitrogens with zero attached hydrogens (tertiary/aromatic N) is 1. The Kier molecular flexibility index (Phi) is 13.0. The molecule has 0 aromatic heterocycles. The van der Waals surface area contributed by atoms with Crippen molar-refractivity contribution < 1.29 is 23.2 Å². The van der Waals surface area contributed by atoms with Crippen LogP contribution in [0.15, 0.2) is 103 Å². The van der Waals surface area contributed by atoms with Crippen molar-refractivity contribution in [3.63, 3.8) is 0 Å². The highest BCUT2D eigenvalue weighted by Crippen LogP contribution is 2.37. The van der Waals surface area contributed by atoms with Crippen LogP contribution in [0.25, 0.3) is 0 Å². The Hall–Kier alpha value is -3.72. The number of nitrogens with two attached hydrogens (primary N) is 1. The molecule has 1 saturated carbocycles. The largest absolute Gasteiger partial charge is 0.369 e. The van der Waals surface area contributed by atoms with Crippen molar-refractivity contribution in [3.05, 3.63) is 97.8 Å². The molecule has 0 aromatic rings. The van der Waals surface area contributed by atoms with Gasteiger partial charge in [0.1, 0.15) is 5.70 Å². The first-order valence-electron chi connectivity index (χ1n) is 16.0. The molecule has 2 heterocycles. The van der Waals surface area contributed by atoms with Crippen LogP contribution in [0.1, 0.15) is 71.6 Å². The molecule has 4 N–H and O–H groups in total. The fraction of sp³-hybridized carbons (Fsp3) is 0.417. The molecule has 7 nitrogen and oxygen atoms in total. The van der Waals surface area contributed by atoms with E-state index in [4.69, 9.17) is 17.3 Å². The molecule has 1 fully saturated rings. The number of carbonyl (C=O) groups is 3. The van der Waals surface area contributed by atoms with Crippen LogP contribution in [0.2, 0.25) is 0 Å². The van der Waals surface area contributed by atoms with Gasteiger partial charge in [-0.25, -0.2) is 8.78 Å². The Morgan fingerprint density at radius 2 is 1.85 bits per heavy atom. The average Bonchev–Trinajstić information content (AvgIpc) is 3.00. The van der Waals surface area contributed by atoms with Gasteiger partial charge in [0.15, 0.2) is 0 Å². The zero-order chi connectivity index (χ0) is 34.0. The molecule has 0 aromatic carbocycles. The molecule has 2 aliphatic carbocycles. The predicted molar refractivity (Wildman–Crippen MR) is 185 cm³/mol. The van der Waals surface area contributed by atoms with Gasteiger partial charge < -0.3 is 16.4 Å². The van der Waals surface area contributed by atoms with Crippen LogP contribution in [0, 0.1) is 11.8 Å². The van der Waals surface area contributed by atoms with Crippen LogP contribution in [0.4, 0.5) is 8.78 Å². The quantitative estimate of drug-likeness (QED) is 0.218. The highest BCUT2D eigenvalue weighted by Gasteiger charge is 2.34. The summed E-state index contributed by atoms with van der Waals surface area (Å²) in [5.41, 5.74) is 9.93. The Labute approximate surface area is 284 Å². The van der Waals surface area contributed by atoms with Crippen molar-refractivity contribution >= 4 is 47.3 Å². The molecule has 3 atom stereocenters. The fourth-order valence-electron chi connectivity index (χ4n) is 5.68. The lowest BCUT2D eigenvalue weighted by Gasteiger charge is -2.24. The summed E-state index contributed by atoms with van der Waals surface area (Å²) in [6, 6.07) is -0.437. The monoisotopic (exact) mass is 682 g/mol. The van der Waals surface area contributed by atoms with Crippen molar-refractivity contribution in [1.82, 2.24) is 10.6 Å². The summed E-state index contributed by atoms with van der Waals surface area (Å²) in [7, 11) is 0. The number of thioether (sulfide) groups is 1. The van der Waals surface area contributed by atoms with Crippen molar-refractivity contribution in [2.45, 2.75) is 83.6 Å². The van der Waals surface area contributed by atoms with E-state index in [1.54, 1.807) is 24.4 Å². The Bertz CT molecular complexity index is 1580. The lowest BCUT2D eigenvalue weighted by Crippen LogP contribution is -2.35. The first kappa shape index (κ1) is 36.1. The summed E-state index contributed by atoms with van der Waals surface area (Å²) in [5, 5.41) is 5.64. The number of hydrogen-bond acceptors (Lipinski definition) is 5. The van der Waals surface area contributed by atoms with Gasteiger partial charge in [-0.2, -0.15) is 0 Å². The maximum Gasteiger partial charge on any atom is 0.274 e. The molecule has 0 spiro atoms. The molecule has 47 heavy (non-hydrogen) atoms. The van der Waals surface area contributed by atoms with Gasteiger partial charge in [0, 0.05) is 46.2 Å². The first-order chi connectivity index (χ1) is 22.5. The summed E-state index contributed by atoms with van der Waals surface area (Å²) in [6.07, 6.45) is 22.0. The van der Waals surface area contributed by atoms with Crippen LogP contribution in [-0.2, 0) is 14.4 Å². The molecule has 4 rings (SSSR count). The molecular formula is C36H41ClF2N4O3S. The third-order valence-corrected chi connectivity index (χ3v) is 10.1. The highest BCUT2D eigenvalue weighted by molar-refractivity contribution is 8.07. The molecule has 2 aliphatic heterocycles. The SMILES string of the molecule is CCC(F)(F)C1=CC(NC(=O)C2=CCC=C(C(C)NC(=O)C3=CC(C4CCCCC(C(N)=O)CC4)=C=CCC=N3)S2)=CC=CC=C1Cl. The van der Waals surface area contributed by atoms with E-state index < -0.39 is 24.3 Å². The number of aliphatic imine (C=N–C) groups is 1. The maximum atomic E-state index is 14.6. The number of alkyl halides is 2. The summed E-state index contributed by atoms with van der Waals surface area (Å²) >= 11 is 7.36. The number of nitrogens with one attached hydrogen (secondary N) is 2. The van der Waals surface area contributed by atoms with E-state index in [2.05, 4.69) is 21.4 Å². The van der Waals surface area contributed by atoms with Crippen LogP contribution < -0.4 is 16.4 Å². The van der Waals surface area contributed by atoms with Crippen molar-refractivity contribution in [3.8, 4) is 0 Å². The molecule has 3 amide bonds. The van der Waals surface area contributed by atoms with Gasteiger partial charge >= 0.3 is 0 Å². The summed E-state index contributed by atoms with van der Waals surface area (Å²) in [5.74, 6) is -4.24. The third-order valence-electron chi connectivity index (χ3n) is 8.44. The minimum Gasteiger partial charge on any atom is -0.369 e. The van der Waals surface area contributed by atoms with E-state index in [9.17, 15) is 23.2 Å². The predicted octanol–water partition coefficient (Wildman–Crippen LogP) is 7.57. The molecular weight excluding hydrogens is 642 g/mol. The van der Waals surface area contributed by atoms with Gasteiger partial charge in [-0.15, -0.1) is 5.73 Å². The number of halogens is 3. The van der Waals surface area contributed by atoms with E-state index in [1.807, 2.05) is 19.1 Å². The topological polar surface area (TPSA) is 114 Å². The van der Waals surface area contributed by atoms with Gasteiger partial charge in [0.2, 0.25) is 5.91 Å².